The Hall–Kier alpha value is -1.88. The molecule has 0 bridgehead atoms. The zero-order chi connectivity index (χ0) is 13.0. The molecule has 2 aromatic rings. The van der Waals surface area contributed by atoms with Crippen LogP contribution in [0.2, 0.25) is 0 Å². The molecule has 2 heterocycles. The van der Waals surface area contributed by atoms with Crippen LogP contribution in [0.4, 0.5) is 0 Å². The maximum Gasteiger partial charge on any atom is 0.250 e. The lowest BCUT2D eigenvalue weighted by molar-refractivity contribution is -0.121. The lowest BCUT2D eigenvalue weighted by atomic mass is 10.3. The molecule has 1 N–H and O–H groups in total. The van der Waals surface area contributed by atoms with Gasteiger partial charge in [0.1, 0.15) is 6.54 Å². The molecule has 0 spiro atoms. The Morgan fingerprint density at radius 2 is 2.22 bits per heavy atom. The van der Waals surface area contributed by atoms with Crippen LogP contribution >= 0.6 is 11.3 Å². The molecule has 0 unspecified atom stereocenters. The van der Waals surface area contributed by atoms with Crippen molar-refractivity contribution in [3.8, 4) is 0 Å². The molecule has 94 valence electrons. The van der Waals surface area contributed by atoms with Gasteiger partial charge >= 0.3 is 0 Å². The van der Waals surface area contributed by atoms with Gasteiger partial charge in [-0.25, -0.2) is 0 Å². The van der Waals surface area contributed by atoms with Gasteiger partial charge in [-0.15, -0.1) is 11.3 Å². The van der Waals surface area contributed by atoms with Crippen molar-refractivity contribution >= 4 is 17.2 Å². The fourth-order valence-corrected chi connectivity index (χ4v) is 2.41. The summed E-state index contributed by atoms with van der Waals surface area (Å²) < 4.78 is 1.39. The van der Waals surface area contributed by atoms with E-state index < -0.39 is 0 Å². The van der Waals surface area contributed by atoms with Crippen molar-refractivity contribution in [3.63, 3.8) is 0 Å². The number of pyridine rings is 1. The molecule has 0 atom stereocenters. The fraction of sp³-hybridized carbons (Fsp3) is 0.231. The Balaban J connectivity index is 1.92. The second kappa shape index (κ2) is 5.64. The zero-order valence-electron chi connectivity index (χ0n) is 10.1. The molecule has 0 aliphatic heterocycles. The number of rotatable bonds is 4. The number of hydrogen-bond acceptors (Lipinski definition) is 3. The Bertz CT molecular complexity index is 601. The van der Waals surface area contributed by atoms with Crippen LogP contribution in [0, 0.1) is 6.92 Å². The van der Waals surface area contributed by atoms with Crippen molar-refractivity contribution in [2.75, 3.05) is 0 Å². The molecule has 0 aromatic carbocycles. The van der Waals surface area contributed by atoms with Gasteiger partial charge in [0.2, 0.25) is 5.91 Å². The smallest absolute Gasteiger partial charge is 0.250 e. The summed E-state index contributed by atoms with van der Waals surface area (Å²) in [5.41, 5.74) is 1.01. The van der Waals surface area contributed by atoms with Gasteiger partial charge in [-0.05, 0) is 30.0 Å². The summed E-state index contributed by atoms with van der Waals surface area (Å²) in [4.78, 5) is 24.3. The predicted octanol–water partition coefficient (Wildman–Crippen LogP) is 1.53. The number of amides is 1. The van der Waals surface area contributed by atoms with Crippen LogP contribution in [-0.2, 0) is 17.9 Å². The molecule has 4 nitrogen and oxygen atoms in total. The third-order valence-electron chi connectivity index (χ3n) is 2.63. The minimum absolute atomic E-state index is 0.0596. The van der Waals surface area contributed by atoms with E-state index in [2.05, 4.69) is 5.32 Å². The first kappa shape index (κ1) is 12.6. The SMILES string of the molecule is Cc1ccsc1CNC(=O)Cn1ccccc1=O. The Morgan fingerprint density at radius 1 is 1.39 bits per heavy atom. The molecule has 2 aromatic heterocycles. The first-order valence-electron chi connectivity index (χ1n) is 5.62. The van der Waals surface area contributed by atoms with Crippen molar-refractivity contribution in [2.24, 2.45) is 0 Å². The largest absolute Gasteiger partial charge is 0.350 e. The molecule has 5 heteroatoms. The van der Waals surface area contributed by atoms with Crippen LogP contribution < -0.4 is 10.9 Å². The molecule has 0 saturated carbocycles. The van der Waals surface area contributed by atoms with Gasteiger partial charge in [-0.2, -0.15) is 0 Å². The molecule has 2 rings (SSSR count). The molecule has 1 amide bonds. The molecule has 0 saturated heterocycles. The number of aromatic nitrogens is 1. The van der Waals surface area contributed by atoms with Crippen molar-refractivity contribution in [3.05, 3.63) is 56.6 Å². The van der Waals surface area contributed by atoms with E-state index in [-0.39, 0.29) is 18.0 Å². The van der Waals surface area contributed by atoms with Crippen molar-refractivity contribution in [1.29, 1.82) is 0 Å². The van der Waals surface area contributed by atoms with Crippen LogP contribution in [0.1, 0.15) is 10.4 Å². The highest BCUT2D eigenvalue weighted by Gasteiger charge is 2.05. The third kappa shape index (κ3) is 3.07. The third-order valence-corrected chi connectivity index (χ3v) is 3.65. The van der Waals surface area contributed by atoms with Crippen molar-refractivity contribution in [1.82, 2.24) is 9.88 Å². The van der Waals surface area contributed by atoms with Gasteiger partial charge in [0.05, 0.1) is 6.54 Å². The Morgan fingerprint density at radius 3 is 2.89 bits per heavy atom. The van der Waals surface area contributed by atoms with Crippen LogP contribution in [0.25, 0.3) is 0 Å². The predicted molar refractivity (Wildman–Crippen MR) is 71.6 cm³/mol. The summed E-state index contributed by atoms with van der Waals surface area (Å²) in [7, 11) is 0. The topological polar surface area (TPSA) is 51.1 Å². The van der Waals surface area contributed by atoms with Crippen LogP contribution in [-0.4, -0.2) is 10.5 Å². The first-order chi connectivity index (χ1) is 8.66. The summed E-state index contributed by atoms with van der Waals surface area (Å²) in [6.45, 7) is 2.59. The minimum Gasteiger partial charge on any atom is -0.350 e. The highest BCUT2D eigenvalue weighted by Crippen LogP contribution is 2.14. The van der Waals surface area contributed by atoms with E-state index in [0.29, 0.717) is 6.54 Å². The molecule has 0 aliphatic rings. The quantitative estimate of drug-likeness (QED) is 0.908. The number of carbonyl (C=O) groups excluding carboxylic acids is 1. The Labute approximate surface area is 109 Å². The number of nitrogens with one attached hydrogen (secondary N) is 1. The van der Waals surface area contributed by atoms with E-state index in [9.17, 15) is 9.59 Å². The van der Waals surface area contributed by atoms with E-state index in [1.165, 1.54) is 16.2 Å². The van der Waals surface area contributed by atoms with E-state index in [1.807, 2.05) is 18.4 Å². The van der Waals surface area contributed by atoms with Gasteiger partial charge in [0.15, 0.2) is 0 Å². The number of hydrogen-bond donors (Lipinski definition) is 1. The first-order valence-corrected chi connectivity index (χ1v) is 6.50. The molecular formula is C13H14N2O2S. The highest BCUT2D eigenvalue weighted by molar-refractivity contribution is 7.10. The van der Waals surface area contributed by atoms with E-state index in [1.54, 1.807) is 29.7 Å². The van der Waals surface area contributed by atoms with E-state index in [4.69, 9.17) is 0 Å². The lowest BCUT2D eigenvalue weighted by Crippen LogP contribution is -2.31. The van der Waals surface area contributed by atoms with Crippen molar-refractivity contribution < 1.29 is 4.79 Å². The number of thiophene rings is 1. The summed E-state index contributed by atoms with van der Waals surface area (Å²) in [5, 5.41) is 4.81. The Kier molecular flexibility index (Phi) is 3.94. The zero-order valence-corrected chi connectivity index (χ0v) is 10.9. The fourth-order valence-electron chi connectivity index (χ4n) is 1.57. The van der Waals surface area contributed by atoms with Crippen molar-refractivity contribution in [2.45, 2.75) is 20.0 Å². The van der Waals surface area contributed by atoms with Gasteiger partial charge in [0.25, 0.3) is 5.56 Å². The van der Waals surface area contributed by atoms with E-state index in [0.717, 1.165) is 4.88 Å². The number of aryl methyl sites for hydroxylation is 1. The summed E-state index contributed by atoms with van der Waals surface area (Å²) in [6, 6.07) is 6.86. The molecule has 0 fully saturated rings. The van der Waals surface area contributed by atoms with Gasteiger partial charge < -0.3 is 9.88 Å². The maximum atomic E-state index is 11.7. The normalized spacial score (nSPS) is 10.3. The van der Waals surface area contributed by atoms with Gasteiger partial charge in [-0.3, -0.25) is 9.59 Å². The van der Waals surface area contributed by atoms with Crippen LogP contribution in [0.3, 0.4) is 0 Å². The maximum absolute atomic E-state index is 11.7. The van der Waals surface area contributed by atoms with Gasteiger partial charge in [0, 0.05) is 17.1 Å². The highest BCUT2D eigenvalue weighted by atomic mass is 32.1. The summed E-state index contributed by atoms with van der Waals surface area (Å²) in [5.74, 6) is -0.156. The second-order valence-corrected chi connectivity index (χ2v) is 4.97. The van der Waals surface area contributed by atoms with Crippen LogP contribution in [0.5, 0.6) is 0 Å². The molecular weight excluding hydrogens is 248 g/mol. The number of carbonyl (C=O) groups is 1. The molecule has 0 aliphatic carbocycles. The summed E-state index contributed by atoms with van der Waals surface area (Å²) >= 11 is 1.62. The van der Waals surface area contributed by atoms with Gasteiger partial charge in [-0.1, -0.05) is 6.07 Å². The molecule has 18 heavy (non-hydrogen) atoms. The minimum atomic E-state index is -0.167. The standard InChI is InChI=1S/C13H14N2O2S/c1-10-5-7-18-11(10)8-14-12(16)9-15-6-3-2-4-13(15)17/h2-7H,8-9H2,1H3,(H,14,16). The second-order valence-electron chi connectivity index (χ2n) is 3.97. The average molecular weight is 262 g/mol. The van der Waals surface area contributed by atoms with Crippen LogP contribution in [0.15, 0.2) is 40.6 Å². The molecule has 0 radical (unpaired) electrons. The lowest BCUT2D eigenvalue weighted by Gasteiger charge is -2.06. The van der Waals surface area contributed by atoms with E-state index >= 15 is 0 Å². The average Bonchev–Trinajstić information content (AvgIpc) is 2.75. The number of nitrogens with zero attached hydrogens (tertiary/aromatic N) is 1. The monoisotopic (exact) mass is 262 g/mol. The summed E-state index contributed by atoms with van der Waals surface area (Å²) in [6.07, 6.45) is 1.61.